The predicted molar refractivity (Wildman–Crippen MR) is 112 cm³/mol. The summed E-state index contributed by atoms with van der Waals surface area (Å²) in [7, 11) is 0. The summed E-state index contributed by atoms with van der Waals surface area (Å²) in [4.78, 5) is 36.6. The normalized spacial score (nSPS) is 25.5. The lowest BCUT2D eigenvalue weighted by atomic mass is 9.82. The predicted octanol–water partition coefficient (Wildman–Crippen LogP) is 2.01. The molecule has 28 heavy (non-hydrogen) atoms. The van der Waals surface area contributed by atoms with Crippen LogP contribution in [-0.2, 0) is 4.79 Å². The fraction of sp³-hybridized carbons (Fsp3) is 0.737. The standard InChI is InChI=1S/C19H29N5O2.2ClH/c1-13-18(22-12-21-13)19(26)23-9-6-16-15(11-23)2-3-17(25)24(16)10-14-4-7-20-8-5-14;;/h12,14-16,20H,2-11H2,1H3,(H,21,22);2*1H/t15-,16+;;/m0../s1. The van der Waals surface area contributed by atoms with E-state index in [-0.39, 0.29) is 30.7 Å². The number of carbonyl (C=O) groups is 2. The Balaban J connectivity index is 0.00000140. The Morgan fingerprint density at radius 1 is 1.21 bits per heavy atom. The van der Waals surface area contributed by atoms with E-state index < -0.39 is 0 Å². The summed E-state index contributed by atoms with van der Waals surface area (Å²) < 4.78 is 0. The molecule has 0 aromatic carbocycles. The van der Waals surface area contributed by atoms with Gasteiger partial charge in [-0.2, -0.15) is 0 Å². The highest BCUT2D eigenvalue weighted by atomic mass is 35.5. The Hall–Kier alpha value is -1.31. The fourth-order valence-corrected chi connectivity index (χ4v) is 4.84. The second kappa shape index (κ2) is 9.94. The minimum Gasteiger partial charge on any atom is -0.348 e. The highest BCUT2D eigenvalue weighted by molar-refractivity contribution is 5.93. The SMILES string of the molecule is Cc1[nH]cnc1C(=O)N1CC[C@@H]2[C@@H](CCC(=O)N2CC2CCNCC2)C1.Cl.Cl. The first-order chi connectivity index (χ1) is 12.6. The lowest BCUT2D eigenvalue weighted by Gasteiger charge is -2.48. The van der Waals surface area contributed by atoms with Gasteiger partial charge in [-0.3, -0.25) is 9.59 Å². The molecule has 1 aromatic rings. The van der Waals surface area contributed by atoms with Crippen molar-refractivity contribution in [3.05, 3.63) is 17.7 Å². The van der Waals surface area contributed by atoms with Crippen molar-refractivity contribution in [2.75, 3.05) is 32.7 Å². The number of halogens is 2. The van der Waals surface area contributed by atoms with Gasteiger partial charge in [-0.25, -0.2) is 4.98 Å². The van der Waals surface area contributed by atoms with Crippen LogP contribution in [0.4, 0.5) is 0 Å². The zero-order valence-electron chi connectivity index (χ0n) is 16.4. The van der Waals surface area contributed by atoms with Gasteiger partial charge in [-0.05, 0) is 57.5 Å². The van der Waals surface area contributed by atoms with E-state index >= 15 is 0 Å². The quantitative estimate of drug-likeness (QED) is 0.766. The molecule has 3 aliphatic rings. The van der Waals surface area contributed by atoms with Gasteiger partial charge in [0.2, 0.25) is 5.91 Å². The van der Waals surface area contributed by atoms with E-state index in [4.69, 9.17) is 0 Å². The number of hydrogen-bond donors (Lipinski definition) is 2. The first-order valence-electron chi connectivity index (χ1n) is 9.93. The minimum absolute atomic E-state index is 0. The van der Waals surface area contributed by atoms with Crippen molar-refractivity contribution in [1.29, 1.82) is 0 Å². The molecular weight excluding hydrogens is 401 g/mol. The Labute approximate surface area is 178 Å². The average molecular weight is 432 g/mol. The van der Waals surface area contributed by atoms with Crippen molar-refractivity contribution in [3.8, 4) is 0 Å². The third kappa shape index (κ3) is 4.63. The molecule has 0 bridgehead atoms. The smallest absolute Gasteiger partial charge is 0.274 e. The number of aromatic amines is 1. The summed E-state index contributed by atoms with van der Waals surface area (Å²) >= 11 is 0. The van der Waals surface area contributed by atoms with Gasteiger partial charge in [0.25, 0.3) is 5.91 Å². The molecule has 1 aromatic heterocycles. The number of H-pyrrole nitrogens is 1. The summed E-state index contributed by atoms with van der Waals surface area (Å²) in [5, 5.41) is 3.40. The molecule has 2 N–H and O–H groups in total. The van der Waals surface area contributed by atoms with Gasteiger partial charge in [0.1, 0.15) is 5.69 Å². The van der Waals surface area contributed by atoms with Gasteiger partial charge >= 0.3 is 0 Å². The van der Waals surface area contributed by atoms with E-state index in [2.05, 4.69) is 20.2 Å². The van der Waals surface area contributed by atoms with Crippen LogP contribution < -0.4 is 5.32 Å². The summed E-state index contributed by atoms with van der Waals surface area (Å²) in [6, 6.07) is 0.301. The topological polar surface area (TPSA) is 81.3 Å². The fourth-order valence-electron chi connectivity index (χ4n) is 4.84. The summed E-state index contributed by atoms with van der Waals surface area (Å²) in [5.74, 6) is 1.34. The molecule has 0 saturated carbocycles. The first-order valence-corrected chi connectivity index (χ1v) is 9.93. The summed E-state index contributed by atoms with van der Waals surface area (Å²) in [5.41, 5.74) is 1.35. The lowest BCUT2D eigenvalue weighted by molar-refractivity contribution is -0.141. The monoisotopic (exact) mass is 431 g/mol. The van der Waals surface area contributed by atoms with Gasteiger partial charge in [0.05, 0.1) is 6.33 Å². The maximum Gasteiger partial charge on any atom is 0.274 e. The Bertz CT molecular complexity index is 677. The molecule has 0 radical (unpaired) electrons. The second-order valence-electron chi connectivity index (χ2n) is 8.02. The number of amides is 2. The van der Waals surface area contributed by atoms with E-state index in [0.717, 1.165) is 57.6 Å². The van der Waals surface area contributed by atoms with E-state index in [1.165, 1.54) is 0 Å². The van der Waals surface area contributed by atoms with Crippen LogP contribution in [0.25, 0.3) is 0 Å². The van der Waals surface area contributed by atoms with E-state index in [1.807, 2.05) is 11.8 Å². The van der Waals surface area contributed by atoms with Crippen LogP contribution in [0.5, 0.6) is 0 Å². The van der Waals surface area contributed by atoms with Crippen LogP contribution in [0.15, 0.2) is 6.33 Å². The van der Waals surface area contributed by atoms with Crippen LogP contribution in [0.1, 0.15) is 48.3 Å². The second-order valence-corrected chi connectivity index (χ2v) is 8.02. The van der Waals surface area contributed by atoms with Crippen molar-refractivity contribution < 1.29 is 9.59 Å². The summed E-state index contributed by atoms with van der Waals surface area (Å²) in [6.07, 6.45) is 6.30. The van der Waals surface area contributed by atoms with Gasteiger partial charge in [0, 0.05) is 37.8 Å². The largest absolute Gasteiger partial charge is 0.348 e. The maximum atomic E-state index is 12.8. The molecule has 3 saturated heterocycles. The van der Waals surface area contributed by atoms with Crippen molar-refractivity contribution >= 4 is 36.6 Å². The van der Waals surface area contributed by atoms with Crippen LogP contribution in [-0.4, -0.2) is 70.3 Å². The first kappa shape index (κ1) is 23.0. The number of fused-ring (bicyclic) bond motifs is 1. The van der Waals surface area contributed by atoms with Gasteiger partial charge in [-0.1, -0.05) is 0 Å². The van der Waals surface area contributed by atoms with Crippen LogP contribution in [0, 0.1) is 18.8 Å². The number of rotatable bonds is 3. The van der Waals surface area contributed by atoms with Gasteiger partial charge in [0.15, 0.2) is 0 Å². The molecule has 3 fully saturated rings. The van der Waals surface area contributed by atoms with Crippen molar-refractivity contribution in [2.45, 2.75) is 45.1 Å². The van der Waals surface area contributed by atoms with Gasteiger partial charge < -0.3 is 20.1 Å². The molecular formula is C19H31Cl2N5O2. The number of likely N-dealkylation sites (tertiary alicyclic amines) is 2. The number of aromatic nitrogens is 2. The number of imidazole rings is 1. The minimum atomic E-state index is 0. The van der Waals surface area contributed by atoms with E-state index in [1.54, 1.807) is 6.33 Å². The average Bonchev–Trinajstić information content (AvgIpc) is 3.10. The van der Waals surface area contributed by atoms with Crippen molar-refractivity contribution in [3.63, 3.8) is 0 Å². The Morgan fingerprint density at radius 3 is 2.64 bits per heavy atom. The van der Waals surface area contributed by atoms with Crippen LogP contribution in [0.3, 0.4) is 0 Å². The molecule has 2 amide bonds. The zero-order chi connectivity index (χ0) is 18.1. The van der Waals surface area contributed by atoms with E-state index in [0.29, 0.717) is 42.4 Å². The summed E-state index contributed by atoms with van der Waals surface area (Å²) in [6.45, 7) is 6.35. The molecule has 158 valence electrons. The molecule has 0 spiro atoms. The lowest BCUT2D eigenvalue weighted by Crippen LogP contribution is -2.58. The number of carbonyl (C=O) groups excluding carboxylic acids is 2. The number of nitrogens with one attached hydrogen (secondary N) is 2. The van der Waals surface area contributed by atoms with Crippen LogP contribution in [0.2, 0.25) is 0 Å². The third-order valence-corrected chi connectivity index (χ3v) is 6.38. The number of piperidine rings is 3. The maximum absolute atomic E-state index is 12.8. The molecule has 4 heterocycles. The van der Waals surface area contributed by atoms with E-state index in [9.17, 15) is 9.59 Å². The van der Waals surface area contributed by atoms with Gasteiger partial charge in [-0.15, -0.1) is 24.8 Å². The molecule has 3 aliphatic heterocycles. The molecule has 7 nitrogen and oxygen atoms in total. The third-order valence-electron chi connectivity index (χ3n) is 6.38. The highest BCUT2D eigenvalue weighted by Gasteiger charge is 2.41. The highest BCUT2D eigenvalue weighted by Crippen LogP contribution is 2.33. The number of aryl methyl sites for hydroxylation is 1. The molecule has 4 rings (SSSR count). The van der Waals surface area contributed by atoms with Crippen molar-refractivity contribution in [1.82, 2.24) is 25.1 Å². The van der Waals surface area contributed by atoms with Crippen molar-refractivity contribution in [2.24, 2.45) is 11.8 Å². The number of hydrogen-bond acceptors (Lipinski definition) is 4. The zero-order valence-corrected chi connectivity index (χ0v) is 18.0. The molecule has 9 heteroatoms. The Morgan fingerprint density at radius 2 is 1.96 bits per heavy atom. The molecule has 0 unspecified atom stereocenters. The molecule has 0 aliphatic carbocycles. The molecule has 2 atom stereocenters. The van der Waals surface area contributed by atoms with Crippen LogP contribution >= 0.6 is 24.8 Å². The Kier molecular flexibility index (Phi) is 8.16. The number of nitrogens with zero attached hydrogens (tertiary/aromatic N) is 3.